The van der Waals surface area contributed by atoms with E-state index in [1.807, 2.05) is 37.7 Å². The highest BCUT2D eigenvalue weighted by atomic mass is 32.2. The first-order chi connectivity index (χ1) is 14.2. The van der Waals surface area contributed by atoms with Crippen molar-refractivity contribution >= 4 is 33.4 Å². The number of aryl methyl sites for hydroxylation is 1. The lowest BCUT2D eigenvalue weighted by molar-refractivity contribution is -0.119. The maximum absolute atomic E-state index is 12.4. The van der Waals surface area contributed by atoms with E-state index in [1.54, 1.807) is 12.1 Å². The lowest BCUT2D eigenvalue weighted by Gasteiger charge is -2.25. The average molecular weight is 449 g/mol. The number of nitrogens with zero attached hydrogens (tertiary/aromatic N) is 1. The van der Waals surface area contributed by atoms with Gasteiger partial charge in [0.1, 0.15) is 6.54 Å². The van der Waals surface area contributed by atoms with E-state index >= 15 is 0 Å². The van der Waals surface area contributed by atoms with Gasteiger partial charge in [0, 0.05) is 12.3 Å². The second-order valence-electron chi connectivity index (χ2n) is 7.72. The molecule has 5 nitrogen and oxygen atoms in total. The van der Waals surface area contributed by atoms with E-state index < -0.39 is 10.0 Å². The molecule has 0 bridgehead atoms. The van der Waals surface area contributed by atoms with Gasteiger partial charge >= 0.3 is 0 Å². The minimum Gasteiger partial charge on any atom is -0.354 e. The molecule has 0 heterocycles. The van der Waals surface area contributed by atoms with Crippen LogP contribution >= 0.6 is 11.8 Å². The summed E-state index contributed by atoms with van der Waals surface area (Å²) in [5, 5.41) is 2.85. The third kappa shape index (κ3) is 7.69. The molecule has 0 saturated heterocycles. The topological polar surface area (TPSA) is 66.5 Å². The number of anilines is 1. The second-order valence-corrected chi connectivity index (χ2v) is 10.7. The standard InChI is InChI=1S/C23H32N2O3S2/c1-18(2)21-8-5-6-9-22(21)25(30(4,27)28)16-23(26)24-14-7-15-29-17-20-12-10-19(3)11-13-20/h5-6,8-13,18H,7,14-17H2,1-4H3,(H,24,26). The second kappa shape index (κ2) is 11.4. The van der Waals surface area contributed by atoms with Gasteiger partial charge in [0.25, 0.3) is 0 Å². The molecule has 0 spiro atoms. The smallest absolute Gasteiger partial charge is 0.240 e. The number of sulfonamides is 1. The van der Waals surface area contributed by atoms with Crippen molar-refractivity contribution in [1.29, 1.82) is 0 Å². The van der Waals surface area contributed by atoms with E-state index in [9.17, 15) is 13.2 Å². The van der Waals surface area contributed by atoms with Gasteiger partial charge in [0.05, 0.1) is 11.9 Å². The van der Waals surface area contributed by atoms with Crippen molar-refractivity contribution < 1.29 is 13.2 Å². The first-order valence-corrected chi connectivity index (χ1v) is 13.2. The maximum Gasteiger partial charge on any atom is 0.240 e. The Morgan fingerprint density at radius 2 is 1.77 bits per heavy atom. The number of carbonyl (C=O) groups is 1. The number of amides is 1. The van der Waals surface area contributed by atoms with Crippen LogP contribution in [0.2, 0.25) is 0 Å². The van der Waals surface area contributed by atoms with Crippen molar-refractivity contribution in [3.05, 3.63) is 65.2 Å². The number of carbonyl (C=O) groups excluding carboxylic acids is 1. The predicted octanol–water partition coefficient (Wildman–Crippen LogP) is 4.32. The average Bonchev–Trinajstić information content (AvgIpc) is 2.69. The Labute approximate surface area is 185 Å². The van der Waals surface area contributed by atoms with Crippen LogP contribution in [0.3, 0.4) is 0 Å². The van der Waals surface area contributed by atoms with Crippen LogP contribution in [0.15, 0.2) is 48.5 Å². The highest BCUT2D eigenvalue weighted by Crippen LogP contribution is 2.28. The van der Waals surface area contributed by atoms with Crippen molar-refractivity contribution in [3.63, 3.8) is 0 Å². The van der Waals surface area contributed by atoms with Crippen molar-refractivity contribution in [3.8, 4) is 0 Å². The Morgan fingerprint density at radius 1 is 1.10 bits per heavy atom. The molecule has 2 rings (SSSR count). The van der Waals surface area contributed by atoms with Gasteiger partial charge in [0.2, 0.25) is 15.9 Å². The molecule has 1 N–H and O–H groups in total. The zero-order valence-electron chi connectivity index (χ0n) is 18.2. The Balaban J connectivity index is 1.83. The van der Waals surface area contributed by atoms with Gasteiger partial charge in [0.15, 0.2) is 0 Å². The zero-order chi connectivity index (χ0) is 22.1. The Bertz CT molecular complexity index is 926. The molecule has 30 heavy (non-hydrogen) atoms. The van der Waals surface area contributed by atoms with Gasteiger partial charge in [-0.05, 0) is 42.2 Å². The van der Waals surface area contributed by atoms with Crippen LogP contribution in [-0.4, -0.2) is 39.4 Å². The van der Waals surface area contributed by atoms with Gasteiger partial charge < -0.3 is 5.32 Å². The number of benzene rings is 2. The molecule has 0 atom stereocenters. The summed E-state index contributed by atoms with van der Waals surface area (Å²) in [6.45, 7) is 6.41. The van der Waals surface area contributed by atoms with Gasteiger partial charge in [-0.25, -0.2) is 8.42 Å². The highest BCUT2D eigenvalue weighted by molar-refractivity contribution is 7.98. The van der Waals surface area contributed by atoms with E-state index in [1.165, 1.54) is 15.4 Å². The molecule has 1 amide bonds. The van der Waals surface area contributed by atoms with E-state index in [0.29, 0.717) is 12.2 Å². The number of hydrogen-bond donors (Lipinski definition) is 1. The van der Waals surface area contributed by atoms with Gasteiger partial charge in [-0.3, -0.25) is 9.10 Å². The number of rotatable bonds is 11. The van der Waals surface area contributed by atoms with E-state index in [2.05, 4.69) is 36.5 Å². The minimum absolute atomic E-state index is 0.152. The quantitative estimate of drug-likeness (QED) is 0.520. The maximum atomic E-state index is 12.4. The van der Waals surface area contributed by atoms with Gasteiger partial charge in [-0.2, -0.15) is 11.8 Å². The molecule has 164 valence electrons. The molecule has 7 heteroatoms. The summed E-state index contributed by atoms with van der Waals surface area (Å²) in [6.07, 6.45) is 1.98. The van der Waals surface area contributed by atoms with Crippen LogP contribution in [0.25, 0.3) is 0 Å². The lowest BCUT2D eigenvalue weighted by Crippen LogP contribution is -2.41. The summed E-state index contributed by atoms with van der Waals surface area (Å²) < 4.78 is 25.9. The SMILES string of the molecule is Cc1ccc(CSCCCNC(=O)CN(c2ccccc2C(C)C)S(C)(=O)=O)cc1. The molecular formula is C23H32N2O3S2. The number of thioether (sulfide) groups is 1. The molecule has 0 saturated carbocycles. The summed E-state index contributed by atoms with van der Waals surface area (Å²) >= 11 is 1.83. The van der Waals surface area contributed by atoms with Crippen LogP contribution in [0, 0.1) is 6.92 Å². The molecule has 0 aliphatic carbocycles. The summed E-state index contributed by atoms with van der Waals surface area (Å²) in [4.78, 5) is 12.4. The molecule has 0 aromatic heterocycles. The minimum atomic E-state index is -3.57. The Hall–Kier alpha value is -1.99. The fourth-order valence-corrected chi connectivity index (χ4v) is 4.84. The molecular weight excluding hydrogens is 416 g/mol. The highest BCUT2D eigenvalue weighted by Gasteiger charge is 2.23. The predicted molar refractivity (Wildman–Crippen MR) is 128 cm³/mol. The molecule has 0 fully saturated rings. The third-order valence-corrected chi connectivity index (χ3v) is 6.93. The van der Waals surface area contributed by atoms with Crippen LogP contribution in [0.4, 0.5) is 5.69 Å². The number of para-hydroxylation sites is 1. The zero-order valence-corrected chi connectivity index (χ0v) is 19.9. The first kappa shape index (κ1) is 24.3. The number of nitrogens with one attached hydrogen (secondary N) is 1. The van der Waals surface area contributed by atoms with E-state index in [0.717, 1.165) is 29.7 Å². The molecule has 0 aliphatic heterocycles. The van der Waals surface area contributed by atoms with Crippen LogP contribution in [0.5, 0.6) is 0 Å². The van der Waals surface area contributed by atoms with Crippen molar-refractivity contribution in [2.45, 2.75) is 38.9 Å². The van der Waals surface area contributed by atoms with Crippen molar-refractivity contribution in [2.75, 3.05) is 29.4 Å². The van der Waals surface area contributed by atoms with Gasteiger partial charge in [-0.15, -0.1) is 0 Å². The fraction of sp³-hybridized carbons (Fsp3) is 0.435. The van der Waals surface area contributed by atoms with Crippen LogP contribution in [-0.2, 0) is 20.6 Å². The lowest BCUT2D eigenvalue weighted by atomic mass is 10.0. The first-order valence-electron chi connectivity index (χ1n) is 10.1. The Morgan fingerprint density at radius 3 is 2.40 bits per heavy atom. The van der Waals surface area contributed by atoms with Crippen molar-refractivity contribution in [1.82, 2.24) is 5.32 Å². The summed E-state index contributed by atoms with van der Waals surface area (Å²) in [5.41, 5.74) is 4.02. The fourth-order valence-electron chi connectivity index (χ4n) is 3.05. The van der Waals surface area contributed by atoms with Crippen LogP contribution in [0.1, 0.15) is 42.9 Å². The summed E-state index contributed by atoms with van der Waals surface area (Å²) in [5.74, 6) is 1.74. The Kier molecular flexibility index (Phi) is 9.24. The molecule has 2 aromatic carbocycles. The van der Waals surface area contributed by atoms with Gasteiger partial charge in [-0.1, -0.05) is 61.9 Å². The molecule has 2 aromatic rings. The summed E-state index contributed by atoms with van der Waals surface area (Å²) in [7, 11) is -3.57. The number of hydrogen-bond acceptors (Lipinski definition) is 4. The van der Waals surface area contributed by atoms with Crippen LogP contribution < -0.4 is 9.62 Å². The molecule has 0 aliphatic rings. The normalized spacial score (nSPS) is 11.5. The van der Waals surface area contributed by atoms with E-state index in [4.69, 9.17) is 0 Å². The van der Waals surface area contributed by atoms with E-state index in [-0.39, 0.29) is 18.4 Å². The monoisotopic (exact) mass is 448 g/mol. The third-order valence-electron chi connectivity index (χ3n) is 4.69. The summed E-state index contributed by atoms with van der Waals surface area (Å²) in [6, 6.07) is 15.8. The van der Waals surface area contributed by atoms with Crippen molar-refractivity contribution in [2.24, 2.45) is 0 Å². The largest absolute Gasteiger partial charge is 0.354 e. The molecule has 0 unspecified atom stereocenters. The molecule has 0 radical (unpaired) electrons.